The van der Waals surface area contributed by atoms with Crippen LogP contribution in [0.1, 0.15) is 34.6 Å². The van der Waals surface area contributed by atoms with Crippen LogP contribution >= 0.6 is 11.6 Å². The summed E-state index contributed by atoms with van der Waals surface area (Å²) < 4.78 is 0. The maximum absolute atomic E-state index is 6.83. The van der Waals surface area contributed by atoms with E-state index in [9.17, 15) is 0 Å². The summed E-state index contributed by atoms with van der Waals surface area (Å²) in [5.41, 5.74) is 5.91. The lowest BCUT2D eigenvalue weighted by molar-refractivity contribution is 0.609. The van der Waals surface area contributed by atoms with Crippen LogP contribution in [0.5, 0.6) is 0 Å². The van der Waals surface area contributed by atoms with Crippen molar-refractivity contribution in [3.63, 3.8) is 0 Å². The summed E-state index contributed by atoms with van der Waals surface area (Å²) in [5, 5.41) is 0.271. The largest absolute Gasteiger partial charge is 0.122 e. The highest BCUT2D eigenvalue weighted by molar-refractivity contribution is 6.21. The Kier molecular flexibility index (Phi) is 3.30. The Hall–Kier alpha value is -1.27. The molecule has 0 nitrogen and oxygen atoms in total. The van der Waals surface area contributed by atoms with Crippen molar-refractivity contribution in [1.82, 2.24) is 0 Å². The molecule has 0 heterocycles. The average molecular weight is 297 g/mol. The van der Waals surface area contributed by atoms with Crippen LogP contribution in [0.15, 0.2) is 48.5 Å². The minimum Gasteiger partial charge on any atom is -0.122 e. The fourth-order valence-corrected chi connectivity index (χ4v) is 4.81. The van der Waals surface area contributed by atoms with E-state index < -0.39 is 0 Å². The molecule has 2 aromatic carbocycles. The summed E-state index contributed by atoms with van der Waals surface area (Å²) in [6.45, 7) is 2.19. The molecule has 1 fully saturated rings. The maximum atomic E-state index is 6.83. The minimum absolute atomic E-state index is 0.271. The molecule has 0 amide bonds. The molecule has 1 heteroatoms. The van der Waals surface area contributed by atoms with E-state index in [1.165, 1.54) is 24.0 Å². The van der Waals surface area contributed by atoms with E-state index in [0.29, 0.717) is 5.92 Å². The van der Waals surface area contributed by atoms with Crippen LogP contribution in [-0.4, -0.2) is 5.38 Å². The van der Waals surface area contributed by atoms with Gasteiger partial charge in [-0.1, -0.05) is 48.5 Å². The van der Waals surface area contributed by atoms with Gasteiger partial charge in [0.25, 0.3) is 0 Å². The van der Waals surface area contributed by atoms with Crippen molar-refractivity contribution in [2.75, 3.05) is 0 Å². The van der Waals surface area contributed by atoms with Crippen LogP contribution in [-0.2, 0) is 12.8 Å². The zero-order chi connectivity index (χ0) is 14.4. The number of halogens is 1. The molecule has 4 rings (SSSR count). The molecule has 21 heavy (non-hydrogen) atoms. The zero-order valence-corrected chi connectivity index (χ0v) is 13.2. The number of hydrogen-bond acceptors (Lipinski definition) is 0. The van der Waals surface area contributed by atoms with Gasteiger partial charge in [0, 0.05) is 5.38 Å². The predicted octanol–water partition coefficient (Wildman–Crippen LogP) is 5.12. The van der Waals surface area contributed by atoms with Gasteiger partial charge in [-0.25, -0.2) is 0 Å². The van der Waals surface area contributed by atoms with Crippen LogP contribution in [0.3, 0.4) is 0 Å². The van der Waals surface area contributed by atoms with Gasteiger partial charge in [0.05, 0.1) is 0 Å². The molecule has 0 bridgehead atoms. The molecule has 4 atom stereocenters. The number of alkyl halides is 1. The maximum Gasteiger partial charge on any atom is 0.0413 e. The van der Waals surface area contributed by atoms with Crippen LogP contribution in [0.4, 0.5) is 0 Å². The lowest BCUT2D eigenvalue weighted by Crippen LogP contribution is -2.09. The molecule has 2 aromatic rings. The molecule has 0 saturated heterocycles. The Morgan fingerprint density at radius 1 is 1.10 bits per heavy atom. The topological polar surface area (TPSA) is 0 Å². The van der Waals surface area contributed by atoms with Crippen LogP contribution in [0.25, 0.3) is 0 Å². The van der Waals surface area contributed by atoms with Gasteiger partial charge >= 0.3 is 0 Å². The third kappa shape index (κ3) is 2.30. The smallest absolute Gasteiger partial charge is 0.0413 e. The van der Waals surface area contributed by atoms with Gasteiger partial charge in [-0.05, 0) is 66.2 Å². The quantitative estimate of drug-likeness (QED) is 0.690. The summed E-state index contributed by atoms with van der Waals surface area (Å²) in [7, 11) is 0. The molecule has 0 spiro atoms. The van der Waals surface area contributed by atoms with Gasteiger partial charge in [0.15, 0.2) is 0 Å². The Balaban J connectivity index is 1.53. The SMILES string of the molecule is Cc1ccccc1CC(Cl)C1C2CCc3ccccc3C21. The standard InChI is InChI=1S/C20H21Cl/c1-13-6-2-3-8-15(13)12-18(21)20-17-11-10-14-7-4-5-9-16(14)19(17)20/h2-9,17-20H,10-12H2,1H3. The predicted molar refractivity (Wildman–Crippen MR) is 89.0 cm³/mol. The van der Waals surface area contributed by atoms with Crippen LogP contribution < -0.4 is 0 Å². The Labute approximate surface area is 132 Å². The van der Waals surface area contributed by atoms with Crippen molar-refractivity contribution in [3.8, 4) is 0 Å². The molecule has 0 radical (unpaired) electrons. The van der Waals surface area contributed by atoms with E-state index in [0.717, 1.165) is 18.3 Å². The third-order valence-corrected chi connectivity index (χ3v) is 5.93. The van der Waals surface area contributed by atoms with Gasteiger partial charge in [-0.15, -0.1) is 11.6 Å². The highest BCUT2D eigenvalue weighted by atomic mass is 35.5. The number of hydrogen-bond donors (Lipinski definition) is 0. The second-order valence-corrected chi connectivity index (χ2v) is 7.21. The van der Waals surface area contributed by atoms with Gasteiger partial charge in [-0.3, -0.25) is 0 Å². The highest BCUT2D eigenvalue weighted by Gasteiger charge is 2.55. The van der Waals surface area contributed by atoms with Crippen molar-refractivity contribution < 1.29 is 0 Å². The molecule has 2 aliphatic rings. The minimum atomic E-state index is 0.271. The van der Waals surface area contributed by atoms with Gasteiger partial charge in [0.2, 0.25) is 0 Å². The van der Waals surface area contributed by atoms with Crippen molar-refractivity contribution in [1.29, 1.82) is 0 Å². The zero-order valence-electron chi connectivity index (χ0n) is 12.4. The van der Waals surface area contributed by atoms with Gasteiger partial charge in [0.1, 0.15) is 0 Å². The van der Waals surface area contributed by atoms with Crippen molar-refractivity contribution in [2.24, 2.45) is 11.8 Å². The van der Waals surface area contributed by atoms with Gasteiger partial charge in [-0.2, -0.15) is 0 Å². The molecule has 4 unspecified atom stereocenters. The molecule has 0 N–H and O–H groups in total. The first-order valence-corrected chi connectivity index (χ1v) is 8.45. The van der Waals surface area contributed by atoms with E-state index in [1.54, 1.807) is 11.1 Å². The Morgan fingerprint density at radius 3 is 2.71 bits per heavy atom. The molecular formula is C20H21Cl. The summed E-state index contributed by atoms with van der Waals surface area (Å²) in [5.74, 6) is 2.22. The first-order chi connectivity index (χ1) is 10.3. The molecule has 2 aliphatic carbocycles. The molecule has 1 saturated carbocycles. The normalized spacial score (nSPS) is 27.6. The number of fused-ring (bicyclic) bond motifs is 3. The van der Waals surface area contributed by atoms with Crippen LogP contribution in [0.2, 0.25) is 0 Å². The summed E-state index contributed by atoms with van der Waals surface area (Å²) in [6, 6.07) is 17.6. The van der Waals surface area contributed by atoms with Crippen molar-refractivity contribution in [2.45, 2.75) is 37.5 Å². The van der Waals surface area contributed by atoms with E-state index in [4.69, 9.17) is 11.6 Å². The van der Waals surface area contributed by atoms with Gasteiger partial charge < -0.3 is 0 Å². The summed E-state index contributed by atoms with van der Waals surface area (Å²) >= 11 is 6.83. The molecular weight excluding hydrogens is 276 g/mol. The first kappa shape index (κ1) is 13.4. The van der Waals surface area contributed by atoms with Crippen molar-refractivity contribution >= 4 is 11.6 Å². The number of aryl methyl sites for hydroxylation is 2. The van der Waals surface area contributed by atoms with E-state index in [-0.39, 0.29) is 5.38 Å². The third-order valence-electron chi connectivity index (χ3n) is 5.48. The summed E-state index contributed by atoms with van der Waals surface area (Å²) in [6.07, 6.45) is 3.57. The van der Waals surface area contributed by atoms with Crippen molar-refractivity contribution in [3.05, 3.63) is 70.8 Å². The number of rotatable bonds is 3. The van der Waals surface area contributed by atoms with Crippen LogP contribution in [0, 0.1) is 18.8 Å². The average Bonchev–Trinajstić information content (AvgIpc) is 3.24. The number of benzene rings is 2. The lowest BCUT2D eigenvalue weighted by atomic mass is 9.92. The lowest BCUT2D eigenvalue weighted by Gasteiger charge is -2.13. The summed E-state index contributed by atoms with van der Waals surface area (Å²) in [4.78, 5) is 0. The van der Waals surface area contributed by atoms with E-state index >= 15 is 0 Å². The molecule has 108 valence electrons. The molecule has 0 aromatic heterocycles. The molecule has 0 aliphatic heterocycles. The second kappa shape index (κ2) is 5.18. The fourth-order valence-electron chi connectivity index (χ4n) is 4.30. The highest BCUT2D eigenvalue weighted by Crippen LogP contribution is 2.62. The Bertz CT molecular complexity index is 660. The van der Waals surface area contributed by atoms with E-state index in [2.05, 4.69) is 55.5 Å². The second-order valence-electron chi connectivity index (χ2n) is 6.65. The fraction of sp³-hybridized carbons (Fsp3) is 0.400. The monoisotopic (exact) mass is 296 g/mol. The Morgan fingerprint density at radius 2 is 1.86 bits per heavy atom. The van der Waals surface area contributed by atoms with E-state index in [1.807, 2.05) is 0 Å². The first-order valence-electron chi connectivity index (χ1n) is 8.02.